The zero-order valence-corrected chi connectivity index (χ0v) is 15.0. The van der Waals surface area contributed by atoms with Gasteiger partial charge in [0, 0.05) is 22.6 Å². The van der Waals surface area contributed by atoms with Gasteiger partial charge >= 0.3 is 0 Å². The quantitative estimate of drug-likeness (QED) is 0.604. The Balaban J connectivity index is 1.75. The summed E-state index contributed by atoms with van der Waals surface area (Å²) in [6, 6.07) is 17.3. The van der Waals surface area contributed by atoms with E-state index >= 15 is 0 Å². The van der Waals surface area contributed by atoms with E-state index in [1.807, 2.05) is 48.5 Å². The predicted octanol–water partition coefficient (Wildman–Crippen LogP) is 5.28. The number of hydrogen-bond donors (Lipinski definition) is 1. The molecule has 1 fully saturated rings. The fraction of sp³-hybridized carbons (Fsp3) is 0.348. The highest BCUT2D eigenvalue weighted by Crippen LogP contribution is 2.50. The van der Waals surface area contributed by atoms with Gasteiger partial charge in [-0.15, -0.1) is 0 Å². The molecule has 1 saturated carbocycles. The third-order valence-electron chi connectivity index (χ3n) is 5.65. The van der Waals surface area contributed by atoms with Crippen molar-refractivity contribution in [3.8, 4) is 5.75 Å². The van der Waals surface area contributed by atoms with Crippen LogP contribution in [0.25, 0.3) is 5.76 Å². The number of ketones is 1. The van der Waals surface area contributed by atoms with E-state index in [4.69, 9.17) is 4.74 Å². The average Bonchev–Trinajstić information content (AvgIpc) is 3.08. The van der Waals surface area contributed by atoms with Crippen LogP contribution in [0.15, 0.2) is 60.2 Å². The number of benzene rings is 2. The molecule has 2 aromatic rings. The average molecular weight is 348 g/mol. The standard InChI is InChI=1S/C23H24O3/c1-2-3-9-16-14-18(21(24)15-10-5-4-6-11-15)22(25)23-20(16)17-12-7-8-13-19(17)26-23/h4-8,10-13,16,20,23-24H,2-3,9,14H2,1H3/b21-18-/t16-,20-,23+/m0/s1. The molecule has 1 heterocycles. The summed E-state index contributed by atoms with van der Waals surface area (Å²) in [7, 11) is 0. The van der Waals surface area contributed by atoms with Crippen molar-refractivity contribution < 1.29 is 14.6 Å². The van der Waals surface area contributed by atoms with E-state index in [1.165, 1.54) is 0 Å². The van der Waals surface area contributed by atoms with Crippen LogP contribution in [-0.4, -0.2) is 17.0 Å². The number of carbonyl (C=O) groups is 1. The molecule has 0 aromatic heterocycles. The molecule has 0 radical (unpaired) electrons. The highest BCUT2D eigenvalue weighted by atomic mass is 16.5. The second kappa shape index (κ2) is 6.99. The number of aliphatic hydroxyl groups excluding tert-OH is 1. The first kappa shape index (κ1) is 16.9. The van der Waals surface area contributed by atoms with Gasteiger partial charge in [-0.1, -0.05) is 68.3 Å². The molecule has 2 aliphatic rings. The molecule has 0 spiro atoms. The lowest BCUT2D eigenvalue weighted by atomic mass is 9.70. The van der Waals surface area contributed by atoms with Crippen molar-refractivity contribution in [2.24, 2.45) is 5.92 Å². The van der Waals surface area contributed by atoms with Crippen LogP contribution >= 0.6 is 0 Å². The third kappa shape index (κ3) is 2.82. The van der Waals surface area contributed by atoms with Crippen molar-refractivity contribution in [3.63, 3.8) is 0 Å². The second-order valence-corrected chi connectivity index (χ2v) is 7.27. The summed E-state index contributed by atoms with van der Waals surface area (Å²) in [5, 5.41) is 10.8. The predicted molar refractivity (Wildman–Crippen MR) is 102 cm³/mol. The van der Waals surface area contributed by atoms with E-state index in [1.54, 1.807) is 0 Å². The first-order valence-corrected chi connectivity index (χ1v) is 9.48. The highest BCUT2D eigenvalue weighted by molar-refractivity contribution is 6.06. The molecule has 0 saturated heterocycles. The number of para-hydroxylation sites is 1. The van der Waals surface area contributed by atoms with Gasteiger partial charge in [-0.05, 0) is 24.8 Å². The monoisotopic (exact) mass is 348 g/mol. The summed E-state index contributed by atoms with van der Waals surface area (Å²) in [5.41, 5.74) is 2.36. The first-order chi connectivity index (χ1) is 12.7. The van der Waals surface area contributed by atoms with Crippen LogP contribution < -0.4 is 4.74 Å². The maximum Gasteiger partial charge on any atom is 0.203 e. The molecule has 1 aliphatic carbocycles. The molecule has 4 rings (SSSR count). The lowest BCUT2D eigenvalue weighted by molar-refractivity contribution is -0.124. The number of hydrogen-bond acceptors (Lipinski definition) is 3. The van der Waals surface area contributed by atoms with E-state index in [-0.39, 0.29) is 17.5 Å². The van der Waals surface area contributed by atoms with E-state index in [2.05, 4.69) is 13.0 Å². The van der Waals surface area contributed by atoms with Crippen LogP contribution in [0.3, 0.4) is 0 Å². The maximum absolute atomic E-state index is 13.2. The highest BCUT2D eigenvalue weighted by Gasteiger charge is 2.49. The zero-order chi connectivity index (χ0) is 18.1. The minimum Gasteiger partial charge on any atom is -0.507 e. The molecule has 3 atom stereocenters. The van der Waals surface area contributed by atoms with Gasteiger partial charge in [0.05, 0.1) is 0 Å². The van der Waals surface area contributed by atoms with Gasteiger partial charge in [0.1, 0.15) is 11.5 Å². The Morgan fingerprint density at radius 2 is 1.85 bits per heavy atom. The van der Waals surface area contributed by atoms with Crippen LogP contribution in [0.2, 0.25) is 0 Å². The maximum atomic E-state index is 13.2. The number of unbranched alkanes of at least 4 members (excludes halogenated alkanes) is 1. The minimum atomic E-state index is -0.510. The molecule has 0 unspecified atom stereocenters. The number of carbonyl (C=O) groups excluding carboxylic acids is 1. The van der Waals surface area contributed by atoms with E-state index < -0.39 is 6.10 Å². The summed E-state index contributed by atoms with van der Waals surface area (Å²) in [4.78, 5) is 13.2. The van der Waals surface area contributed by atoms with Crippen molar-refractivity contribution in [2.45, 2.75) is 44.6 Å². The molecule has 3 heteroatoms. The van der Waals surface area contributed by atoms with Crippen LogP contribution in [0.1, 0.15) is 49.7 Å². The van der Waals surface area contributed by atoms with Gasteiger partial charge in [0.2, 0.25) is 5.78 Å². The van der Waals surface area contributed by atoms with Crippen molar-refractivity contribution in [1.29, 1.82) is 0 Å². The molecule has 1 aliphatic heterocycles. The summed E-state index contributed by atoms with van der Waals surface area (Å²) in [5.74, 6) is 1.26. The Morgan fingerprint density at radius 3 is 2.62 bits per heavy atom. The second-order valence-electron chi connectivity index (χ2n) is 7.27. The third-order valence-corrected chi connectivity index (χ3v) is 5.65. The van der Waals surface area contributed by atoms with Gasteiger partial charge in [0.15, 0.2) is 6.10 Å². The molecular weight excluding hydrogens is 324 g/mol. The number of aliphatic hydroxyl groups is 1. The van der Waals surface area contributed by atoms with E-state index in [0.717, 1.165) is 30.6 Å². The first-order valence-electron chi connectivity index (χ1n) is 9.48. The van der Waals surface area contributed by atoms with Crippen LogP contribution in [0.5, 0.6) is 5.75 Å². The number of fused-ring (bicyclic) bond motifs is 3. The topological polar surface area (TPSA) is 46.5 Å². The Labute approximate surface area is 154 Å². The Hall–Kier alpha value is -2.55. The van der Waals surface area contributed by atoms with Crippen LogP contribution in [0, 0.1) is 5.92 Å². The van der Waals surface area contributed by atoms with Gasteiger partial charge in [-0.25, -0.2) is 0 Å². The molecule has 26 heavy (non-hydrogen) atoms. The molecule has 134 valence electrons. The fourth-order valence-electron chi connectivity index (χ4n) is 4.35. The molecule has 3 nitrogen and oxygen atoms in total. The van der Waals surface area contributed by atoms with Crippen LogP contribution in [0.4, 0.5) is 0 Å². The number of Topliss-reactive ketones (excluding diaryl/α,β-unsaturated/α-hetero) is 1. The summed E-state index contributed by atoms with van der Waals surface area (Å²) in [6.45, 7) is 2.18. The summed E-state index contributed by atoms with van der Waals surface area (Å²) in [6.07, 6.45) is 3.37. The van der Waals surface area contributed by atoms with Crippen molar-refractivity contribution in [2.75, 3.05) is 0 Å². The smallest absolute Gasteiger partial charge is 0.203 e. The van der Waals surface area contributed by atoms with Gasteiger partial charge in [-0.2, -0.15) is 0 Å². The van der Waals surface area contributed by atoms with Crippen molar-refractivity contribution in [1.82, 2.24) is 0 Å². The lowest BCUT2D eigenvalue weighted by Crippen LogP contribution is -2.40. The number of rotatable bonds is 4. The summed E-state index contributed by atoms with van der Waals surface area (Å²) >= 11 is 0. The zero-order valence-electron chi connectivity index (χ0n) is 15.0. The van der Waals surface area contributed by atoms with Crippen LogP contribution in [-0.2, 0) is 4.79 Å². The number of ether oxygens (including phenoxy) is 1. The van der Waals surface area contributed by atoms with Gasteiger partial charge in [-0.3, -0.25) is 4.79 Å². The van der Waals surface area contributed by atoms with Gasteiger partial charge in [0.25, 0.3) is 0 Å². The van der Waals surface area contributed by atoms with Gasteiger partial charge < -0.3 is 9.84 Å². The minimum absolute atomic E-state index is 0.0692. The van der Waals surface area contributed by atoms with E-state index in [0.29, 0.717) is 23.5 Å². The molecule has 0 amide bonds. The van der Waals surface area contributed by atoms with Crippen molar-refractivity contribution in [3.05, 3.63) is 71.3 Å². The normalized spacial score (nSPS) is 26.0. The fourth-order valence-corrected chi connectivity index (χ4v) is 4.35. The van der Waals surface area contributed by atoms with E-state index in [9.17, 15) is 9.90 Å². The molecule has 1 N–H and O–H groups in total. The Bertz CT molecular complexity index is 838. The molecular formula is C23H24O3. The molecule has 2 aromatic carbocycles. The molecule has 0 bridgehead atoms. The summed E-state index contributed by atoms with van der Waals surface area (Å²) < 4.78 is 6.05. The Kier molecular flexibility index (Phi) is 4.54. The van der Waals surface area contributed by atoms with Crippen molar-refractivity contribution >= 4 is 11.5 Å². The largest absolute Gasteiger partial charge is 0.507 e. The SMILES string of the molecule is CCCC[C@H]1C/C(=C(/O)c2ccccc2)C(=O)[C@@H]2Oc3ccccc3[C@H]12. The lowest BCUT2D eigenvalue weighted by Gasteiger charge is -2.33. The Morgan fingerprint density at radius 1 is 1.12 bits per heavy atom.